The number of amides is 1. The maximum Gasteiger partial charge on any atom is 0.330 e. The molecule has 0 bridgehead atoms. The van der Waals surface area contributed by atoms with Crippen LogP contribution in [0.2, 0.25) is 0 Å². The Hall–Kier alpha value is -4.59. The van der Waals surface area contributed by atoms with E-state index in [2.05, 4.69) is 4.98 Å². The molecule has 0 aliphatic carbocycles. The lowest BCUT2D eigenvalue weighted by molar-refractivity contribution is -0.114. The van der Waals surface area contributed by atoms with Crippen LogP contribution in [0.25, 0.3) is 6.08 Å². The molecule has 2 aromatic heterocycles. The molecule has 2 aromatic carbocycles. The van der Waals surface area contributed by atoms with Gasteiger partial charge in [-0.3, -0.25) is 24.0 Å². The van der Waals surface area contributed by atoms with Gasteiger partial charge in [0, 0.05) is 6.08 Å². The first-order valence-electron chi connectivity index (χ1n) is 10.7. The highest BCUT2D eigenvalue weighted by atomic mass is 16.3. The number of nitrogens with two attached hydrogens (primary N) is 1. The molecule has 34 heavy (non-hydrogen) atoms. The standard InChI is InChI=1S/C26H24N4O4/c1-18-12-13-21(34-18)14-15-22(31)29(16-19-8-4-2-5-9-19)23-24(27)30(26(33)28-25(23)32)17-20-10-6-3-7-11-20/h2-15H,16-17,27H2,1H3,(H,28,32,33)/b15-14+. The van der Waals surface area contributed by atoms with Crippen molar-refractivity contribution in [3.05, 3.63) is 122 Å². The Morgan fingerprint density at radius 3 is 2.26 bits per heavy atom. The van der Waals surface area contributed by atoms with Crippen molar-refractivity contribution in [2.24, 2.45) is 0 Å². The van der Waals surface area contributed by atoms with Crippen LogP contribution in [-0.2, 0) is 17.9 Å². The summed E-state index contributed by atoms with van der Waals surface area (Å²) in [7, 11) is 0. The summed E-state index contributed by atoms with van der Waals surface area (Å²) in [5.74, 6) is 0.632. The lowest BCUT2D eigenvalue weighted by Crippen LogP contribution is -2.40. The van der Waals surface area contributed by atoms with Crippen LogP contribution in [0.15, 0.2) is 92.9 Å². The molecular formula is C26H24N4O4. The SMILES string of the molecule is Cc1ccc(/C=C/C(=O)N(Cc2ccccc2)c2c(N)n(Cc3ccccc3)c(=O)[nH]c2=O)o1. The summed E-state index contributed by atoms with van der Waals surface area (Å²) in [6, 6.07) is 22.0. The average Bonchev–Trinajstić information content (AvgIpc) is 3.26. The highest BCUT2D eigenvalue weighted by molar-refractivity contribution is 6.04. The van der Waals surface area contributed by atoms with E-state index in [1.54, 1.807) is 19.1 Å². The van der Waals surface area contributed by atoms with Gasteiger partial charge in [0.1, 0.15) is 17.3 Å². The number of anilines is 2. The zero-order valence-corrected chi connectivity index (χ0v) is 18.6. The second kappa shape index (κ2) is 9.91. The Kier molecular flexibility index (Phi) is 6.59. The van der Waals surface area contributed by atoms with Gasteiger partial charge in [0.2, 0.25) is 0 Å². The number of carbonyl (C=O) groups excluding carboxylic acids is 1. The normalized spacial score (nSPS) is 11.1. The quantitative estimate of drug-likeness (QED) is 0.414. The minimum atomic E-state index is -0.738. The molecule has 4 rings (SSSR count). The molecule has 2 heterocycles. The predicted octanol–water partition coefficient (Wildman–Crippen LogP) is 3.32. The van der Waals surface area contributed by atoms with Crippen LogP contribution in [0.4, 0.5) is 11.5 Å². The lowest BCUT2D eigenvalue weighted by atomic mass is 10.2. The summed E-state index contributed by atoms with van der Waals surface area (Å²) in [6.07, 6.45) is 2.84. The van der Waals surface area contributed by atoms with E-state index in [1.807, 2.05) is 60.7 Å². The molecule has 0 aliphatic heterocycles. The molecule has 0 atom stereocenters. The molecule has 0 spiro atoms. The van der Waals surface area contributed by atoms with Gasteiger partial charge in [-0.25, -0.2) is 4.79 Å². The largest absolute Gasteiger partial charge is 0.462 e. The summed E-state index contributed by atoms with van der Waals surface area (Å²) >= 11 is 0. The van der Waals surface area contributed by atoms with E-state index in [4.69, 9.17) is 10.2 Å². The van der Waals surface area contributed by atoms with Crippen LogP contribution in [0.5, 0.6) is 0 Å². The van der Waals surface area contributed by atoms with E-state index in [0.717, 1.165) is 11.1 Å². The van der Waals surface area contributed by atoms with E-state index in [0.29, 0.717) is 11.5 Å². The van der Waals surface area contributed by atoms with Crippen molar-refractivity contribution < 1.29 is 9.21 Å². The zero-order chi connectivity index (χ0) is 24.1. The van der Waals surface area contributed by atoms with Gasteiger partial charge in [-0.1, -0.05) is 60.7 Å². The van der Waals surface area contributed by atoms with Gasteiger partial charge in [-0.2, -0.15) is 0 Å². The van der Waals surface area contributed by atoms with Crippen molar-refractivity contribution in [2.45, 2.75) is 20.0 Å². The molecule has 0 radical (unpaired) electrons. The maximum atomic E-state index is 13.3. The number of nitrogens with zero attached hydrogens (tertiary/aromatic N) is 2. The van der Waals surface area contributed by atoms with Gasteiger partial charge in [0.15, 0.2) is 5.69 Å². The first kappa shape index (κ1) is 22.6. The molecule has 4 aromatic rings. The van der Waals surface area contributed by atoms with Gasteiger partial charge < -0.3 is 10.2 Å². The average molecular weight is 457 g/mol. The van der Waals surface area contributed by atoms with E-state index < -0.39 is 17.2 Å². The van der Waals surface area contributed by atoms with Crippen LogP contribution in [0.3, 0.4) is 0 Å². The predicted molar refractivity (Wildman–Crippen MR) is 131 cm³/mol. The maximum absolute atomic E-state index is 13.3. The van der Waals surface area contributed by atoms with Crippen molar-refractivity contribution in [1.82, 2.24) is 9.55 Å². The van der Waals surface area contributed by atoms with Crippen LogP contribution >= 0.6 is 0 Å². The third-order valence-electron chi connectivity index (χ3n) is 5.27. The highest BCUT2D eigenvalue weighted by Gasteiger charge is 2.23. The van der Waals surface area contributed by atoms with Crippen molar-refractivity contribution in [3.63, 3.8) is 0 Å². The molecule has 0 saturated heterocycles. The summed E-state index contributed by atoms with van der Waals surface area (Å²) < 4.78 is 6.74. The summed E-state index contributed by atoms with van der Waals surface area (Å²) in [5, 5.41) is 0. The van der Waals surface area contributed by atoms with Crippen LogP contribution in [-0.4, -0.2) is 15.5 Å². The molecule has 0 fully saturated rings. The number of hydrogen-bond acceptors (Lipinski definition) is 5. The number of nitrogen functional groups attached to an aromatic ring is 1. The topological polar surface area (TPSA) is 114 Å². The Morgan fingerprint density at radius 2 is 1.65 bits per heavy atom. The van der Waals surface area contributed by atoms with Gasteiger partial charge in [-0.05, 0) is 36.3 Å². The first-order chi connectivity index (χ1) is 16.4. The van der Waals surface area contributed by atoms with E-state index in [9.17, 15) is 14.4 Å². The lowest BCUT2D eigenvalue weighted by Gasteiger charge is -2.23. The number of hydrogen-bond donors (Lipinski definition) is 2. The molecule has 8 nitrogen and oxygen atoms in total. The Labute approximate surface area is 195 Å². The molecule has 172 valence electrons. The van der Waals surface area contributed by atoms with Crippen molar-refractivity contribution in [3.8, 4) is 0 Å². The summed E-state index contributed by atoms with van der Waals surface area (Å²) in [5.41, 5.74) is 6.47. The number of furan rings is 1. The molecule has 1 amide bonds. The van der Waals surface area contributed by atoms with Crippen molar-refractivity contribution in [1.29, 1.82) is 0 Å². The third kappa shape index (κ3) is 5.07. The van der Waals surface area contributed by atoms with Gasteiger partial charge in [0.25, 0.3) is 11.5 Å². The van der Waals surface area contributed by atoms with Gasteiger partial charge in [-0.15, -0.1) is 0 Å². The third-order valence-corrected chi connectivity index (χ3v) is 5.27. The van der Waals surface area contributed by atoms with E-state index in [-0.39, 0.29) is 24.6 Å². The van der Waals surface area contributed by atoms with Crippen LogP contribution in [0, 0.1) is 6.92 Å². The number of benzene rings is 2. The second-order valence-electron chi connectivity index (χ2n) is 7.76. The number of aryl methyl sites for hydroxylation is 1. The minimum Gasteiger partial charge on any atom is -0.462 e. The van der Waals surface area contributed by atoms with Crippen molar-refractivity contribution >= 4 is 23.5 Å². The van der Waals surface area contributed by atoms with Gasteiger partial charge >= 0.3 is 5.69 Å². The monoisotopic (exact) mass is 456 g/mol. The second-order valence-corrected chi connectivity index (χ2v) is 7.76. The Bertz CT molecular complexity index is 1430. The molecule has 0 unspecified atom stereocenters. The molecule has 0 aliphatic rings. The van der Waals surface area contributed by atoms with E-state index in [1.165, 1.54) is 21.6 Å². The number of aromatic nitrogens is 2. The number of rotatable bonds is 7. The zero-order valence-electron chi connectivity index (χ0n) is 18.6. The summed E-state index contributed by atoms with van der Waals surface area (Å²) in [6.45, 7) is 2.03. The summed E-state index contributed by atoms with van der Waals surface area (Å²) in [4.78, 5) is 42.3. The molecule has 8 heteroatoms. The number of H-pyrrole nitrogens is 1. The molecular weight excluding hydrogens is 432 g/mol. The number of aromatic amines is 1. The van der Waals surface area contributed by atoms with Crippen LogP contribution in [0.1, 0.15) is 22.6 Å². The smallest absolute Gasteiger partial charge is 0.330 e. The highest BCUT2D eigenvalue weighted by Crippen LogP contribution is 2.21. The van der Waals surface area contributed by atoms with Crippen LogP contribution < -0.4 is 21.9 Å². The fourth-order valence-electron chi connectivity index (χ4n) is 3.58. The number of carbonyl (C=O) groups is 1. The van der Waals surface area contributed by atoms with Gasteiger partial charge in [0.05, 0.1) is 13.1 Å². The fraction of sp³-hybridized carbons (Fsp3) is 0.115. The Morgan fingerprint density at radius 1 is 1.00 bits per heavy atom. The fourth-order valence-corrected chi connectivity index (χ4v) is 3.58. The minimum absolute atomic E-state index is 0.0814. The molecule has 3 N–H and O–H groups in total. The van der Waals surface area contributed by atoms with E-state index >= 15 is 0 Å². The number of nitrogens with one attached hydrogen (secondary N) is 1. The van der Waals surface area contributed by atoms with Crippen molar-refractivity contribution in [2.75, 3.05) is 10.6 Å². The first-order valence-corrected chi connectivity index (χ1v) is 10.7. The molecule has 0 saturated carbocycles. The Balaban J connectivity index is 1.77.